The molecule has 1 spiro atoms. The number of hydrogen-bond acceptors (Lipinski definition) is 4. The highest BCUT2D eigenvalue weighted by Crippen LogP contribution is 2.27. The average molecular weight is 289 g/mol. The van der Waals surface area contributed by atoms with E-state index in [0.717, 1.165) is 0 Å². The molecular formula is C14H15N3O4. The molecule has 0 aliphatic carbocycles. The molecule has 7 heteroatoms. The number of nitrogens with zero attached hydrogens (tertiary/aromatic N) is 1. The van der Waals surface area contributed by atoms with Crippen LogP contribution in [0.5, 0.6) is 5.75 Å². The first-order valence-corrected chi connectivity index (χ1v) is 6.64. The largest absolute Gasteiger partial charge is 0.508 e. The maximum absolute atomic E-state index is 12.4. The van der Waals surface area contributed by atoms with Crippen molar-refractivity contribution < 1.29 is 19.5 Å². The van der Waals surface area contributed by atoms with E-state index in [1.807, 2.05) is 0 Å². The van der Waals surface area contributed by atoms with Gasteiger partial charge in [0.2, 0.25) is 0 Å². The van der Waals surface area contributed by atoms with Crippen molar-refractivity contribution in [1.82, 2.24) is 15.5 Å². The summed E-state index contributed by atoms with van der Waals surface area (Å²) in [6.07, 6.45) is 0.383. The highest BCUT2D eigenvalue weighted by atomic mass is 16.3. The van der Waals surface area contributed by atoms with E-state index in [1.54, 1.807) is 19.1 Å². The molecule has 2 aliphatic rings. The number of rotatable bonds is 1. The summed E-state index contributed by atoms with van der Waals surface area (Å²) in [5, 5.41) is 14.5. The Labute approximate surface area is 120 Å². The normalized spacial score (nSPS) is 24.3. The lowest BCUT2D eigenvalue weighted by molar-refractivity contribution is -0.123. The number of amides is 4. The Bertz CT molecular complexity index is 658. The number of phenols is 1. The van der Waals surface area contributed by atoms with Crippen molar-refractivity contribution in [2.45, 2.75) is 18.9 Å². The monoisotopic (exact) mass is 289 g/mol. The van der Waals surface area contributed by atoms with E-state index in [0.29, 0.717) is 24.1 Å². The Morgan fingerprint density at radius 2 is 2.14 bits per heavy atom. The van der Waals surface area contributed by atoms with Crippen LogP contribution in [-0.4, -0.2) is 46.5 Å². The minimum Gasteiger partial charge on any atom is -0.508 e. The summed E-state index contributed by atoms with van der Waals surface area (Å²) in [5.41, 5.74) is 0.0335. The second-order valence-corrected chi connectivity index (χ2v) is 5.47. The van der Waals surface area contributed by atoms with Gasteiger partial charge >= 0.3 is 6.03 Å². The Morgan fingerprint density at radius 3 is 2.76 bits per heavy atom. The first-order chi connectivity index (χ1) is 9.91. The van der Waals surface area contributed by atoms with Crippen LogP contribution in [0.3, 0.4) is 0 Å². The lowest BCUT2D eigenvalue weighted by atomic mass is 9.99. The van der Waals surface area contributed by atoms with Gasteiger partial charge in [-0.1, -0.05) is 6.07 Å². The summed E-state index contributed by atoms with van der Waals surface area (Å²) < 4.78 is 0. The third-order valence-electron chi connectivity index (χ3n) is 4.03. The molecule has 2 fully saturated rings. The number of phenolic OH excluding ortho intramolecular Hbond substituents is 1. The van der Waals surface area contributed by atoms with Crippen molar-refractivity contribution in [1.29, 1.82) is 0 Å². The van der Waals surface area contributed by atoms with Gasteiger partial charge in [0, 0.05) is 12.1 Å². The highest BCUT2D eigenvalue weighted by molar-refractivity contribution is 6.08. The van der Waals surface area contributed by atoms with Crippen molar-refractivity contribution in [2.24, 2.45) is 0 Å². The molecule has 1 aromatic rings. The molecule has 110 valence electrons. The molecule has 2 heterocycles. The van der Waals surface area contributed by atoms with Crippen LogP contribution in [0.25, 0.3) is 0 Å². The maximum atomic E-state index is 12.4. The van der Waals surface area contributed by atoms with Gasteiger partial charge in [0.15, 0.2) is 0 Å². The van der Waals surface area contributed by atoms with Gasteiger partial charge in [-0.2, -0.15) is 0 Å². The quantitative estimate of drug-likeness (QED) is 0.640. The van der Waals surface area contributed by atoms with Crippen LogP contribution < -0.4 is 10.6 Å². The van der Waals surface area contributed by atoms with E-state index in [1.165, 1.54) is 11.0 Å². The Hall–Kier alpha value is -2.57. The van der Waals surface area contributed by atoms with Crippen molar-refractivity contribution in [3.05, 3.63) is 29.3 Å². The molecule has 1 unspecified atom stereocenters. The number of benzene rings is 1. The topological polar surface area (TPSA) is 98.7 Å². The van der Waals surface area contributed by atoms with E-state index in [9.17, 15) is 19.5 Å². The molecule has 3 N–H and O–H groups in total. The summed E-state index contributed by atoms with van der Waals surface area (Å²) in [7, 11) is 0. The Balaban J connectivity index is 1.80. The maximum Gasteiger partial charge on any atom is 0.322 e. The number of aromatic hydroxyl groups is 1. The fourth-order valence-electron chi connectivity index (χ4n) is 2.72. The van der Waals surface area contributed by atoms with Crippen LogP contribution in [-0.2, 0) is 4.79 Å². The zero-order chi connectivity index (χ0) is 15.2. The van der Waals surface area contributed by atoms with Crippen molar-refractivity contribution in [3.8, 4) is 5.75 Å². The number of nitrogens with one attached hydrogen (secondary N) is 2. The zero-order valence-corrected chi connectivity index (χ0v) is 11.5. The number of carbonyl (C=O) groups is 3. The van der Waals surface area contributed by atoms with Crippen LogP contribution in [0.2, 0.25) is 0 Å². The summed E-state index contributed by atoms with van der Waals surface area (Å²) in [6.45, 7) is 2.26. The molecule has 4 amide bonds. The molecule has 7 nitrogen and oxygen atoms in total. The van der Waals surface area contributed by atoms with Crippen LogP contribution in [0.4, 0.5) is 4.79 Å². The van der Waals surface area contributed by atoms with Crippen molar-refractivity contribution in [2.75, 3.05) is 13.1 Å². The van der Waals surface area contributed by atoms with Gasteiger partial charge in [-0.25, -0.2) is 4.79 Å². The fraction of sp³-hybridized carbons (Fsp3) is 0.357. The minimum absolute atomic E-state index is 0.0571. The number of carbonyl (C=O) groups excluding carboxylic acids is 3. The molecule has 2 saturated heterocycles. The van der Waals surface area contributed by atoms with Gasteiger partial charge in [-0.05, 0) is 31.0 Å². The Kier molecular flexibility index (Phi) is 2.86. The third kappa shape index (κ3) is 2.10. The molecule has 3 rings (SSSR count). The van der Waals surface area contributed by atoms with E-state index in [4.69, 9.17) is 0 Å². The summed E-state index contributed by atoms with van der Waals surface area (Å²) >= 11 is 0. The minimum atomic E-state index is -1.01. The molecule has 0 radical (unpaired) electrons. The van der Waals surface area contributed by atoms with Crippen LogP contribution in [0, 0.1) is 6.92 Å². The SMILES string of the molecule is Cc1ccc(C(=O)N2CCC3(C2)NC(=O)NC3=O)cc1O. The van der Waals surface area contributed by atoms with Crippen molar-refractivity contribution >= 4 is 17.8 Å². The van der Waals surface area contributed by atoms with Gasteiger partial charge in [0.1, 0.15) is 11.3 Å². The third-order valence-corrected chi connectivity index (χ3v) is 4.03. The number of urea groups is 1. The van der Waals surface area contributed by atoms with Gasteiger partial charge in [0.05, 0.1) is 6.54 Å². The standard InChI is InChI=1S/C14H15N3O4/c1-8-2-3-9(6-10(8)18)11(19)17-5-4-14(7-17)12(20)15-13(21)16-14/h2-3,6,18H,4-5,7H2,1H3,(H2,15,16,20,21). The van der Waals surface area contributed by atoms with Crippen LogP contribution in [0.1, 0.15) is 22.3 Å². The van der Waals surface area contributed by atoms with E-state index in [2.05, 4.69) is 10.6 Å². The number of likely N-dealkylation sites (tertiary alicyclic amines) is 1. The average Bonchev–Trinajstić information content (AvgIpc) is 2.97. The molecule has 0 saturated carbocycles. The predicted molar refractivity (Wildman–Crippen MR) is 72.8 cm³/mol. The number of hydrogen-bond donors (Lipinski definition) is 3. The van der Waals surface area contributed by atoms with Gasteiger partial charge in [0.25, 0.3) is 11.8 Å². The summed E-state index contributed by atoms with van der Waals surface area (Å²) in [4.78, 5) is 37.0. The van der Waals surface area contributed by atoms with Gasteiger partial charge in [-0.3, -0.25) is 14.9 Å². The molecule has 1 atom stereocenters. The molecular weight excluding hydrogens is 274 g/mol. The predicted octanol–water partition coefficient (Wildman–Crippen LogP) is 0.125. The molecule has 2 aliphatic heterocycles. The summed E-state index contributed by atoms with van der Waals surface area (Å²) in [6, 6.07) is 4.19. The number of aryl methyl sites for hydroxylation is 1. The highest BCUT2D eigenvalue weighted by Gasteiger charge is 2.51. The van der Waals surface area contributed by atoms with Crippen molar-refractivity contribution in [3.63, 3.8) is 0 Å². The smallest absolute Gasteiger partial charge is 0.322 e. The first-order valence-electron chi connectivity index (χ1n) is 6.64. The van der Waals surface area contributed by atoms with Gasteiger partial charge < -0.3 is 15.3 Å². The zero-order valence-electron chi connectivity index (χ0n) is 11.5. The van der Waals surface area contributed by atoms with E-state index in [-0.39, 0.29) is 18.2 Å². The molecule has 21 heavy (non-hydrogen) atoms. The molecule has 1 aromatic carbocycles. The first kappa shape index (κ1) is 13.4. The molecule has 0 aromatic heterocycles. The molecule has 0 bridgehead atoms. The Morgan fingerprint density at radius 1 is 1.38 bits per heavy atom. The second-order valence-electron chi connectivity index (χ2n) is 5.47. The second kappa shape index (κ2) is 4.47. The fourth-order valence-corrected chi connectivity index (χ4v) is 2.72. The van der Waals surface area contributed by atoms with E-state index >= 15 is 0 Å². The van der Waals surface area contributed by atoms with Crippen LogP contribution in [0.15, 0.2) is 18.2 Å². The van der Waals surface area contributed by atoms with Gasteiger partial charge in [-0.15, -0.1) is 0 Å². The summed E-state index contributed by atoms with van der Waals surface area (Å²) in [5.74, 6) is -0.604. The van der Waals surface area contributed by atoms with E-state index < -0.39 is 17.5 Å². The lowest BCUT2D eigenvalue weighted by Gasteiger charge is -2.21. The van der Waals surface area contributed by atoms with Crippen LogP contribution >= 0.6 is 0 Å². The lowest BCUT2D eigenvalue weighted by Crippen LogP contribution is -2.49. The number of imide groups is 1.